The standard InChI is InChI=1S/C30H41N3O4/c1-5-6-17-33-26(28(35)32-22-10-8-7-9-19(22)4)30-16-15-23(37-30)24(25(30)29(33)36)27(34)31-21-13-11-20(12-14-21)18(2)3/h11-16,18-19,22-26H,5-10,17H2,1-4H3,(H,31,34)(H,32,35)/t19-,22-,23-,24-,25-,26+,30+/m1/s1. The third-order valence-corrected chi connectivity index (χ3v) is 8.96. The predicted octanol–water partition coefficient (Wildman–Crippen LogP) is 4.39. The molecule has 4 aliphatic rings. The van der Waals surface area contributed by atoms with Gasteiger partial charge in [0.1, 0.15) is 11.6 Å². The van der Waals surface area contributed by atoms with Crippen molar-refractivity contribution in [3.05, 3.63) is 42.0 Å². The number of carbonyl (C=O) groups excluding carboxylic acids is 3. The van der Waals surface area contributed by atoms with E-state index in [1.54, 1.807) is 4.90 Å². The quantitative estimate of drug-likeness (QED) is 0.511. The molecule has 7 heteroatoms. The summed E-state index contributed by atoms with van der Waals surface area (Å²) in [6.07, 6.45) is 9.31. The molecule has 1 spiro atoms. The number of likely N-dealkylation sites (tertiary alicyclic amines) is 1. The van der Waals surface area contributed by atoms with Gasteiger partial charge in [0.05, 0.1) is 17.9 Å². The maximum absolute atomic E-state index is 13.9. The Hall–Kier alpha value is -2.67. The van der Waals surface area contributed by atoms with Gasteiger partial charge in [-0.05, 0) is 48.8 Å². The normalized spacial score (nSPS) is 34.2. The van der Waals surface area contributed by atoms with Crippen molar-refractivity contribution in [2.24, 2.45) is 17.8 Å². The second-order valence-electron chi connectivity index (χ2n) is 11.7. The van der Waals surface area contributed by atoms with Crippen molar-refractivity contribution in [1.82, 2.24) is 10.2 Å². The van der Waals surface area contributed by atoms with Crippen LogP contribution in [0, 0.1) is 17.8 Å². The van der Waals surface area contributed by atoms with E-state index in [2.05, 4.69) is 38.3 Å². The Labute approximate surface area is 220 Å². The Balaban J connectivity index is 1.40. The van der Waals surface area contributed by atoms with Gasteiger partial charge >= 0.3 is 0 Å². The highest BCUT2D eigenvalue weighted by molar-refractivity contribution is 6.02. The molecule has 1 aromatic carbocycles. The molecule has 2 N–H and O–H groups in total. The third-order valence-electron chi connectivity index (χ3n) is 8.96. The van der Waals surface area contributed by atoms with Crippen LogP contribution < -0.4 is 10.6 Å². The zero-order valence-electron chi connectivity index (χ0n) is 22.5. The molecule has 1 aromatic rings. The Morgan fingerprint density at radius 3 is 2.54 bits per heavy atom. The molecular weight excluding hydrogens is 466 g/mol. The summed E-state index contributed by atoms with van der Waals surface area (Å²) in [5.41, 5.74) is 0.798. The van der Waals surface area contributed by atoms with E-state index in [-0.39, 0.29) is 23.8 Å². The molecule has 2 bridgehead atoms. The monoisotopic (exact) mass is 507 g/mol. The molecule has 5 rings (SSSR count). The lowest BCUT2D eigenvalue weighted by atomic mass is 9.74. The van der Waals surface area contributed by atoms with Gasteiger partial charge in [-0.25, -0.2) is 0 Å². The van der Waals surface area contributed by atoms with E-state index in [0.29, 0.717) is 24.1 Å². The van der Waals surface area contributed by atoms with Crippen LogP contribution in [0.4, 0.5) is 5.69 Å². The molecule has 1 saturated carbocycles. The van der Waals surface area contributed by atoms with Gasteiger partial charge in [0.25, 0.3) is 0 Å². The van der Waals surface area contributed by atoms with Gasteiger partial charge in [-0.2, -0.15) is 0 Å². The lowest BCUT2D eigenvalue weighted by Crippen LogP contribution is -2.57. The van der Waals surface area contributed by atoms with Crippen LogP contribution in [0.1, 0.15) is 77.7 Å². The molecule has 37 heavy (non-hydrogen) atoms. The van der Waals surface area contributed by atoms with Crippen molar-refractivity contribution in [2.75, 3.05) is 11.9 Å². The minimum atomic E-state index is -1.10. The Bertz CT molecular complexity index is 1070. The topological polar surface area (TPSA) is 87.7 Å². The van der Waals surface area contributed by atoms with Crippen LogP contribution in [0.2, 0.25) is 0 Å². The second-order valence-corrected chi connectivity index (χ2v) is 11.7. The van der Waals surface area contributed by atoms with Crippen LogP contribution in [-0.2, 0) is 19.1 Å². The van der Waals surface area contributed by atoms with Crippen molar-refractivity contribution in [3.8, 4) is 0 Å². The number of hydrogen-bond donors (Lipinski definition) is 2. The summed E-state index contributed by atoms with van der Waals surface area (Å²) < 4.78 is 6.44. The molecule has 0 radical (unpaired) electrons. The highest BCUT2D eigenvalue weighted by atomic mass is 16.5. The summed E-state index contributed by atoms with van der Waals surface area (Å²) in [6, 6.07) is 7.18. The molecule has 7 nitrogen and oxygen atoms in total. The number of fused-ring (bicyclic) bond motifs is 1. The molecule has 3 amide bonds. The molecule has 3 fully saturated rings. The Morgan fingerprint density at radius 1 is 1.14 bits per heavy atom. The average Bonchev–Trinajstić information content (AvgIpc) is 3.51. The maximum atomic E-state index is 13.9. The van der Waals surface area contributed by atoms with Crippen LogP contribution in [0.25, 0.3) is 0 Å². The van der Waals surface area contributed by atoms with Crippen molar-refractivity contribution >= 4 is 23.4 Å². The second kappa shape index (κ2) is 10.2. The van der Waals surface area contributed by atoms with E-state index in [4.69, 9.17) is 4.74 Å². The zero-order valence-corrected chi connectivity index (χ0v) is 22.5. The third kappa shape index (κ3) is 4.49. The number of unbranched alkanes of at least 4 members (excludes halogenated alkanes) is 1. The zero-order chi connectivity index (χ0) is 26.3. The van der Waals surface area contributed by atoms with E-state index in [9.17, 15) is 14.4 Å². The SMILES string of the molecule is CCCCN1C(=O)[C@H]2[C@H](C(=O)Nc3ccc(C(C)C)cc3)[C@H]3C=C[C@@]2(O3)[C@@H]1C(=O)N[C@@H]1CCCC[C@H]1C. The fourth-order valence-electron chi connectivity index (χ4n) is 6.81. The number of anilines is 1. The van der Waals surface area contributed by atoms with Crippen LogP contribution in [-0.4, -0.2) is 53.0 Å². The van der Waals surface area contributed by atoms with E-state index in [1.807, 2.05) is 36.4 Å². The number of rotatable bonds is 8. The van der Waals surface area contributed by atoms with Gasteiger partial charge in [-0.15, -0.1) is 0 Å². The smallest absolute Gasteiger partial charge is 0.246 e. The van der Waals surface area contributed by atoms with E-state index >= 15 is 0 Å². The highest BCUT2D eigenvalue weighted by Gasteiger charge is 2.72. The fourth-order valence-corrected chi connectivity index (χ4v) is 6.81. The number of nitrogens with one attached hydrogen (secondary N) is 2. The summed E-state index contributed by atoms with van der Waals surface area (Å²) in [4.78, 5) is 43.0. The summed E-state index contributed by atoms with van der Waals surface area (Å²) in [5.74, 6) is -1.09. The summed E-state index contributed by atoms with van der Waals surface area (Å²) in [6.45, 7) is 9.00. The first-order chi connectivity index (χ1) is 17.8. The van der Waals surface area contributed by atoms with E-state index in [1.165, 1.54) is 12.0 Å². The van der Waals surface area contributed by atoms with E-state index in [0.717, 1.165) is 32.1 Å². The number of hydrogen-bond acceptors (Lipinski definition) is 4. The molecule has 200 valence electrons. The molecule has 0 aromatic heterocycles. The Morgan fingerprint density at radius 2 is 1.86 bits per heavy atom. The molecule has 3 heterocycles. The number of carbonyl (C=O) groups is 3. The lowest BCUT2D eigenvalue weighted by molar-refractivity contribution is -0.141. The summed E-state index contributed by atoms with van der Waals surface area (Å²) in [7, 11) is 0. The fraction of sp³-hybridized carbons (Fsp3) is 0.633. The van der Waals surface area contributed by atoms with Gasteiger partial charge in [-0.1, -0.05) is 71.2 Å². The maximum Gasteiger partial charge on any atom is 0.246 e. The summed E-state index contributed by atoms with van der Waals surface area (Å²) >= 11 is 0. The van der Waals surface area contributed by atoms with Crippen molar-refractivity contribution < 1.29 is 19.1 Å². The van der Waals surface area contributed by atoms with Gasteiger partial charge < -0.3 is 20.3 Å². The van der Waals surface area contributed by atoms with Crippen molar-refractivity contribution in [2.45, 2.75) is 95.9 Å². The first kappa shape index (κ1) is 26.0. The number of benzene rings is 1. The van der Waals surface area contributed by atoms with Crippen molar-refractivity contribution in [3.63, 3.8) is 0 Å². The molecule has 7 atom stereocenters. The van der Waals surface area contributed by atoms with Crippen LogP contribution in [0.15, 0.2) is 36.4 Å². The largest absolute Gasteiger partial charge is 0.359 e. The van der Waals surface area contributed by atoms with Gasteiger partial charge in [0.15, 0.2) is 0 Å². The average molecular weight is 508 g/mol. The minimum Gasteiger partial charge on any atom is -0.359 e. The lowest BCUT2D eigenvalue weighted by Gasteiger charge is -2.36. The Kier molecular flexibility index (Phi) is 7.18. The van der Waals surface area contributed by atoms with Gasteiger partial charge in [0, 0.05) is 18.3 Å². The van der Waals surface area contributed by atoms with Crippen molar-refractivity contribution in [1.29, 1.82) is 0 Å². The van der Waals surface area contributed by atoms with Crippen LogP contribution >= 0.6 is 0 Å². The van der Waals surface area contributed by atoms with Crippen LogP contribution in [0.3, 0.4) is 0 Å². The van der Waals surface area contributed by atoms with Gasteiger partial charge in [0.2, 0.25) is 17.7 Å². The van der Waals surface area contributed by atoms with Gasteiger partial charge in [-0.3, -0.25) is 14.4 Å². The molecule has 0 unspecified atom stereocenters. The molecule has 3 aliphatic heterocycles. The number of nitrogens with zero attached hydrogens (tertiary/aromatic N) is 1. The molecule has 1 aliphatic carbocycles. The first-order valence-corrected chi connectivity index (χ1v) is 14.2. The number of amides is 3. The number of ether oxygens (including phenoxy) is 1. The molecule has 2 saturated heterocycles. The first-order valence-electron chi connectivity index (χ1n) is 14.2. The van der Waals surface area contributed by atoms with E-state index < -0.39 is 29.6 Å². The van der Waals surface area contributed by atoms with Crippen LogP contribution in [0.5, 0.6) is 0 Å². The highest BCUT2D eigenvalue weighted by Crippen LogP contribution is 2.55. The molecular formula is C30H41N3O4. The predicted molar refractivity (Wildman–Crippen MR) is 143 cm³/mol. The summed E-state index contributed by atoms with van der Waals surface area (Å²) in [5, 5.41) is 6.29. The minimum absolute atomic E-state index is 0.107.